The summed E-state index contributed by atoms with van der Waals surface area (Å²) in [6.45, 7) is 7.17. The van der Waals surface area contributed by atoms with Crippen molar-refractivity contribution in [2.24, 2.45) is 0 Å². The number of anilines is 1. The van der Waals surface area contributed by atoms with Gasteiger partial charge in [-0.2, -0.15) is 0 Å². The van der Waals surface area contributed by atoms with E-state index in [1.165, 1.54) is 0 Å². The number of benzene rings is 1. The summed E-state index contributed by atoms with van der Waals surface area (Å²) < 4.78 is 23.6. The van der Waals surface area contributed by atoms with Crippen molar-refractivity contribution < 1.29 is 13.6 Å². The molecule has 1 aromatic rings. The fourth-order valence-corrected chi connectivity index (χ4v) is 3.38. The van der Waals surface area contributed by atoms with Crippen molar-refractivity contribution in [3.63, 3.8) is 0 Å². The molecule has 106 valence electrons. The number of hydrogen-bond acceptors (Lipinski definition) is 4. The van der Waals surface area contributed by atoms with Crippen molar-refractivity contribution >= 4 is 30.2 Å². The van der Waals surface area contributed by atoms with Crippen LogP contribution in [0, 0.1) is 0 Å². The Morgan fingerprint density at radius 3 is 2.00 bits per heavy atom. The maximum Gasteiger partial charge on any atom is 0.389 e. The van der Waals surface area contributed by atoms with Crippen molar-refractivity contribution in [2.75, 3.05) is 5.32 Å². The molecule has 0 saturated heterocycles. The third-order valence-electron chi connectivity index (χ3n) is 1.97. The highest BCUT2D eigenvalue weighted by atomic mass is 32.1. The molecule has 0 heterocycles. The monoisotopic (exact) mass is 301 g/mol. The van der Waals surface area contributed by atoms with Crippen LogP contribution in [-0.4, -0.2) is 16.9 Å². The third-order valence-corrected chi connectivity index (χ3v) is 4.75. The molecule has 0 spiro atoms. The standard InChI is InChI=1S/C13H20NO3PS/c1-10(2)16-18(15,17-11(3)4)13(19)14-12-8-6-5-7-9-12/h5-11H,1-4H3,(H,14,19). The summed E-state index contributed by atoms with van der Waals surface area (Å²) >= 11 is 5.18. The van der Waals surface area contributed by atoms with Crippen molar-refractivity contribution in [3.05, 3.63) is 30.3 Å². The van der Waals surface area contributed by atoms with E-state index in [-0.39, 0.29) is 16.9 Å². The lowest BCUT2D eigenvalue weighted by molar-refractivity contribution is 0.152. The van der Waals surface area contributed by atoms with Crippen molar-refractivity contribution in [1.29, 1.82) is 0 Å². The van der Waals surface area contributed by atoms with Crippen LogP contribution in [0.3, 0.4) is 0 Å². The van der Waals surface area contributed by atoms with Gasteiger partial charge in [0.25, 0.3) is 0 Å². The molecule has 0 radical (unpaired) electrons. The van der Waals surface area contributed by atoms with Gasteiger partial charge in [-0.05, 0) is 39.8 Å². The highest BCUT2D eigenvalue weighted by Crippen LogP contribution is 2.52. The van der Waals surface area contributed by atoms with Crippen molar-refractivity contribution in [2.45, 2.75) is 39.9 Å². The van der Waals surface area contributed by atoms with Gasteiger partial charge in [-0.3, -0.25) is 4.57 Å². The van der Waals surface area contributed by atoms with E-state index in [0.29, 0.717) is 0 Å². The number of rotatable bonds is 6. The van der Waals surface area contributed by atoms with Crippen LogP contribution < -0.4 is 5.32 Å². The zero-order valence-electron chi connectivity index (χ0n) is 11.6. The van der Waals surface area contributed by atoms with Gasteiger partial charge in [-0.25, -0.2) is 0 Å². The Hall–Kier alpha value is -0.740. The van der Waals surface area contributed by atoms with E-state index in [1.807, 2.05) is 30.3 Å². The molecule has 0 aliphatic heterocycles. The first-order chi connectivity index (χ1) is 8.83. The molecule has 0 aliphatic rings. The molecule has 0 atom stereocenters. The predicted octanol–water partition coefficient (Wildman–Crippen LogP) is 4.43. The molecule has 0 saturated carbocycles. The van der Waals surface area contributed by atoms with Gasteiger partial charge >= 0.3 is 7.60 Å². The Labute approximate surface area is 120 Å². The van der Waals surface area contributed by atoms with Crippen LogP contribution in [0.4, 0.5) is 5.69 Å². The Morgan fingerprint density at radius 2 is 1.58 bits per heavy atom. The van der Waals surface area contributed by atoms with E-state index in [1.54, 1.807) is 27.7 Å². The molecule has 0 unspecified atom stereocenters. The van der Waals surface area contributed by atoms with Crippen LogP contribution in [0.1, 0.15) is 27.7 Å². The van der Waals surface area contributed by atoms with Gasteiger partial charge in [-0.15, -0.1) is 0 Å². The van der Waals surface area contributed by atoms with E-state index >= 15 is 0 Å². The molecule has 1 aromatic carbocycles. The summed E-state index contributed by atoms with van der Waals surface area (Å²) in [5.41, 5.74) is 0.757. The first-order valence-corrected chi connectivity index (χ1v) is 8.12. The van der Waals surface area contributed by atoms with Crippen LogP contribution in [0.25, 0.3) is 0 Å². The summed E-state index contributed by atoms with van der Waals surface area (Å²) in [7, 11) is -3.47. The maximum absolute atomic E-state index is 12.7. The number of thiocarbonyl (C=S) groups is 1. The minimum atomic E-state index is -3.47. The second-order valence-corrected chi connectivity index (χ2v) is 7.18. The molecule has 0 fully saturated rings. The number of nitrogens with one attached hydrogen (secondary N) is 1. The molecule has 0 amide bonds. The van der Waals surface area contributed by atoms with Crippen LogP contribution in [0.15, 0.2) is 30.3 Å². The van der Waals surface area contributed by atoms with Gasteiger partial charge in [0, 0.05) is 5.69 Å². The summed E-state index contributed by atoms with van der Waals surface area (Å²) in [6, 6.07) is 9.29. The topological polar surface area (TPSA) is 47.6 Å². The zero-order chi connectivity index (χ0) is 14.5. The second-order valence-electron chi connectivity index (χ2n) is 4.60. The molecule has 4 nitrogen and oxygen atoms in total. The third kappa shape index (κ3) is 5.41. The van der Waals surface area contributed by atoms with Gasteiger partial charge in [0.15, 0.2) is 4.73 Å². The summed E-state index contributed by atoms with van der Waals surface area (Å²) in [5.74, 6) is 0. The highest BCUT2D eigenvalue weighted by Gasteiger charge is 2.33. The quantitative estimate of drug-likeness (QED) is 0.622. The van der Waals surface area contributed by atoms with Gasteiger partial charge in [0.2, 0.25) is 0 Å². The van der Waals surface area contributed by atoms with Gasteiger partial charge in [-0.1, -0.05) is 30.4 Å². The predicted molar refractivity (Wildman–Crippen MR) is 82.7 cm³/mol. The Kier molecular flexibility index (Phi) is 6.14. The number of para-hydroxylation sites is 1. The van der Waals surface area contributed by atoms with E-state index in [0.717, 1.165) is 5.69 Å². The zero-order valence-corrected chi connectivity index (χ0v) is 13.3. The lowest BCUT2D eigenvalue weighted by Crippen LogP contribution is -2.18. The normalized spacial score (nSPS) is 11.9. The van der Waals surface area contributed by atoms with E-state index in [4.69, 9.17) is 21.3 Å². The summed E-state index contributed by atoms with van der Waals surface area (Å²) in [5, 5.41) is 2.91. The molecule has 6 heteroatoms. The van der Waals surface area contributed by atoms with Crippen molar-refractivity contribution in [3.8, 4) is 0 Å². The summed E-state index contributed by atoms with van der Waals surface area (Å²) in [4.78, 5) is 0. The second kappa shape index (κ2) is 7.15. The Morgan fingerprint density at radius 1 is 1.11 bits per heavy atom. The van der Waals surface area contributed by atoms with Crippen LogP contribution in [0.5, 0.6) is 0 Å². The SMILES string of the molecule is CC(C)OP(=O)(OC(C)C)C(=S)Nc1ccccc1. The first kappa shape index (κ1) is 16.3. The summed E-state index contributed by atoms with van der Waals surface area (Å²) in [6.07, 6.45) is -0.472. The molecular weight excluding hydrogens is 281 g/mol. The van der Waals surface area contributed by atoms with Gasteiger partial charge < -0.3 is 14.4 Å². The molecule has 0 bridgehead atoms. The highest BCUT2D eigenvalue weighted by molar-refractivity contribution is 7.98. The maximum atomic E-state index is 12.7. The molecule has 0 aliphatic carbocycles. The minimum Gasteiger partial charge on any atom is -0.340 e. The number of hydrogen-bond donors (Lipinski definition) is 1. The van der Waals surface area contributed by atoms with E-state index < -0.39 is 7.60 Å². The van der Waals surface area contributed by atoms with E-state index in [2.05, 4.69) is 5.32 Å². The first-order valence-electron chi connectivity index (χ1n) is 6.17. The average Bonchev–Trinajstić information content (AvgIpc) is 2.27. The fourth-order valence-electron chi connectivity index (χ4n) is 1.39. The Balaban J connectivity index is 2.86. The average molecular weight is 301 g/mol. The lowest BCUT2D eigenvalue weighted by Gasteiger charge is -2.23. The molecule has 1 rings (SSSR count). The molecular formula is C13H20NO3PS. The van der Waals surface area contributed by atoms with Crippen molar-refractivity contribution in [1.82, 2.24) is 0 Å². The minimum absolute atomic E-state index is 0.0844. The largest absolute Gasteiger partial charge is 0.389 e. The molecule has 19 heavy (non-hydrogen) atoms. The van der Waals surface area contributed by atoms with Crippen LogP contribution in [0.2, 0.25) is 0 Å². The molecule has 1 N–H and O–H groups in total. The molecule has 0 aromatic heterocycles. The smallest absolute Gasteiger partial charge is 0.340 e. The van der Waals surface area contributed by atoms with Gasteiger partial charge in [0.05, 0.1) is 12.2 Å². The Bertz CT molecular complexity index is 448. The van der Waals surface area contributed by atoms with E-state index in [9.17, 15) is 4.57 Å². The van der Waals surface area contributed by atoms with Crippen LogP contribution in [-0.2, 0) is 13.6 Å². The lowest BCUT2D eigenvalue weighted by atomic mass is 10.3. The van der Waals surface area contributed by atoms with Gasteiger partial charge in [0.1, 0.15) is 0 Å². The fraction of sp³-hybridized carbons (Fsp3) is 0.462. The van der Waals surface area contributed by atoms with Crippen LogP contribution >= 0.6 is 19.8 Å².